The molecule has 0 amide bonds. The van der Waals surface area contributed by atoms with Gasteiger partial charge in [-0.05, 0) is 68.4 Å². The van der Waals surface area contributed by atoms with Crippen LogP contribution in [0.2, 0.25) is 0 Å². The predicted molar refractivity (Wildman–Crippen MR) is 160 cm³/mol. The van der Waals surface area contributed by atoms with Gasteiger partial charge < -0.3 is 5.32 Å². The number of aromatic nitrogens is 3. The van der Waals surface area contributed by atoms with Crippen LogP contribution in [0, 0.1) is 23.4 Å². The molecule has 0 unspecified atom stereocenters. The molecule has 230 valence electrons. The summed E-state index contributed by atoms with van der Waals surface area (Å²) in [6.07, 6.45) is 5.41. The lowest BCUT2D eigenvalue weighted by atomic mass is 9.45. The highest BCUT2D eigenvalue weighted by Gasteiger charge is 2.59. The van der Waals surface area contributed by atoms with Crippen LogP contribution in [0.25, 0.3) is 21.8 Å². The average Bonchev–Trinajstić information content (AvgIpc) is 3.34. The van der Waals surface area contributed by atoms with Crippen molar-refractivity contribution in [1.82, 2.24) is 15.0 Å². The van der Waals surface area contributed by atoms with Crippen LogP contribution in [0.5, 0.6) is 0 Å². The molecule has 3 aliphatic carbocycles. The van der Waals surface area contributed by atoms with Gasteiger partial charge >= 0.3 is 0 Å². The third-order valence-corrected chi connectivity index (χ3v) is 13.0. The molecule has 2 bridgehead atoms. The van der Waals surface area contributed by atoms with Gasteiger partial charge in [-0.2, -0.15) is 0 Å². The Balaban J connectivity index is 1.25. The number of sulfone groups is 1. The molecule has 9 nitrogen and oxygen atoms in total. The van der Waals surface area contributed by atoms with Crippen molar-refractivity contribution in [2.45, 2.75) is 48.5 Å². The Kier molecular flexibility index (Phi) is 6.97. The second kappa shape index (κ2) is 10.5. The lowest BCUT2D eigenvalue weighted by Crippen LogP contribution is -2.55. The third-order valence-electron chi connectivity index (χ3n) is 8.58. The maximum atomic E-state index is 16.1. The number of rotatable bonds is 8. The molecule has 8 rings (SSSR count). The van der Waals surface area contributed by atoms with E-state index in [4.69, 9.17) is 4.98 Å². The van der Waals surface area contributed by atoms with E-state index in [2.05, 4.69) is 15.3 Å². The first kappa shape index (κ1) is 29.2. The van der Waals surface area contributed by atoms with Crippen molar-refractivity contribution in [3.05, 3.63) is 71.1 Å². The SMILES string of the molecule is O=S1(=O)CCC(Nc2nccc(-c3sc(C45CC(C4)C5)nc3-c3cccc(NS(=O)(=O)c4c(F)cccc4F)c3F)n2)CC1. The number of anilines is 2. The summed E-state index contributed by atoms with van der Waals surface area (Å²) in [5.41, 5.74) is 0.165. The fourth-order valence-corrected chi connectivity index (χ4v) is 10.1. The van der Waals surface area contributed by atoms with E-state index in [1.54, 1.807) is 12.3 Å². The highest BCUT2D eigenvalue weighted by atomic mass is 32.2. The lowest BCUT2D eigenvalue weighted by Gasteiger charge is -2.60. The van der Waals surface area contributed by atoms with E-state index in [0.29, 0.717) is 35.3 Å². The van der Waals surface area contributed by atoms with E-state index < -0.39 is 47.9 Å². The Morgan fingerprint density at radius 2 is 1.61 bits per heavy atom. The Bertz CT molecular complexity index is 1970. The smallest absolute Gasteiger partial charge is 0.267 e. The lowest BCUT2D eigenvalue weighted by molar-refractivity contribution is -0.0274. The summed E-state index contributed by atoms with van der Waals surface area (Å²) >= 11 is 1.40. The van der Waals surface area contributed by atoms with Gasteiger partial charge in [-0.1, -0.05) is 12.1 Å². The number of benzene rings is 2. The van der Waals surface area contributed by atoms with Gasteiger partial charge in [0.05, 0.1) is 33.5 Å². The molecule has 15 heteroatoms. The molecule has 0 radical (unpaired) electrons. The van der Waals surface area contributed by atoms with Gasteiger partial charge in [0.1, 0.15) is 26.5 Å². The van der Waals surface area contributed by atoms with E-state index in [9.17, 15) is 25.6 Å². The monoisotopic (exact) mass is 661 g/mol. The molecule has 0 atom stereocenters. The largest absolute Gasteiger partial charge is 0.351 e. The summed E-state index contributed by atoms with van der Waals surface area (Å²) in [5, 5.41) is 4.05. The van der Waals surface area contributed by atoms with Crippen molar-refractivity contribution in [3.63, 3.8) is 0 Å². The first-order chi connectivity index (χ1) is 20.9. The van der Waals surface area contributed by atoms with Crippen LogP contribution in [0.4, 0.5) is 24.8 Å². The minimum Gasteiger partial charge on any atom is -0.351 e. The summed E-state index contributed by atoms with van der Waals surface area (Å²) < 4.78 is 96.3. The Morgan fingerprint density at radius 1 is 0.932 bits per heavy atom. The number of hydrogen-bond donors (Lipinski definition) is 2. The second-order valence-electron chi connectivity index (χ2n) is 11.6. The van der Waals surface area contributed by atoms with Crippen molar-refractivity contribution in [1.29, 1.82) is 0 Å². The van der Waals surface area contributed by atoms with Crippen LogP contribution in [0.15, 0.2) is 53.6 Å². The zero-order valence-electron chi connectivity index (χ0n) is 23.1. The summed E-state index contributed by atoms with van der Waals surface area (Å²) in [4.78, 5) is 13.2. The van der Waals surface area contributed by atoms with E-state index >= 15 is 4.39 Å². The fraction of sp³-hybridized carbons (Fsp3) is 0.345. The van der Waals surface area contributed by atoms with Crippen LogP contribution in [-0.2, 0) is 25.3 Å². The first-order valence-corrected chi connectivity index (χ1v) is 18.1. The normalized spacial score (nSPS) is 22.6. The summed E-state index contributed by atoms with van der Waals surface area (Å²) in [6, 6.07) is 8.26. The van der Waals surface area contributed by atoms with E-state index in [1.165, 1.54) is 29.5 Å². The van der Waals surface area contributed by atoms with Crippen LogP contribution in [-0.4, -0.2) is 49.3 Å². The Hall–Kier alpha value is -3.56. The van der Waals surface area contributed by atoms with Gasteiger partial charge in [-0.15, -0.1) is 11.3 Å². The Labute approximate surface area is 256 Å². The van der Waals surface area contributed by atoms with Crippen LogP contribution < -0.4 is 10.0 Å². The number of thiazole rings is 1. The van der Waals surface area contributed by atoms with Gasteiger partial charge in [-0.25, -0.2) is 45.0 Å². The Morgan fingerprint density at radius 3 is 2.27 bits per heavy atom. The first-order valence-electron chi connectivity index (χ1n) is 14.0. The second-order valence-corrected chi connectivity index (χ2v) is 16.5. The van der Waals surface area contributed by atoms with Crippen LogP contribution >= 0.6 is 11.3 Å². The third kappa shape index (κ3) is 5.13. The van der Waals surface area contributed by atoms with Gasteiger partial charge in [-0.3, -0.25) is 4.72 Å². The molecule has 4 aliphatic rings. The van der Waals surface area contributed by atoms with Gasteiger partial charge in [0.15, 0.2) is 10.7 Å². The van der Waals surface area contributed by atoms with Crippen LogP contribution in [0.1, 0.15) is 37.1 Å². The number of hydrogen-bond acceptors (Lipinski definition) is 9. The van der Waals surface area contributed by atoms with Crippen molar-refractivity contribution < 1.29 is 30.0 Å². The van der Waals surface area contributed by atoms with Crippen LogP contribution in [0.3, 0.4) is 0 Å². The molecule has 1 aliphatic heterocycles. The molecule has 2 aromatic heterocycles. The van der Waals surface area contributed by atoms with Gasteiger partial charge in [0.25, 0.3) is 10.0 Å². The number of nitrogens with one attached hydrogen (secondary N) is 2. The molecule has 2 aromatic carbocycles. The molecule has 0 spiro atoms. The number of nitrogens with zero attached hydrogens (tertiary/aromatic N) is 3. The fourth-order valence-electron chi connectivity index (χ4n) is 6.14. The molecule has 1 saturated heterocycles. The average molecular weight is 662 g/mol. The summed E-state index contributed by atoms with van der Waals surface area (Å²) in [7, 11) is -7.86. The molecular weight excluding hydrogens is 636 g/mol. The predicted octanol–water partition coefficient (Wildman–Crippen LogP) is 5.53. The maximum Gasteiger partial charge on any atom is 0.267 e. The van der Waals surface area contributed by atoms with E-state index in [0.717, 1.165) is 42.5 Å². The molecule has 2 N–H and O–H groups in total. The highest BCUT2D eigenvalue weighted by molar-refractivity contribution is 7.92. The van der Waals surface area contributed by atoms with Gasteiger partial charge in [0, 0.05) is 23.2 Å². The minimum atomic E-state index is -4.82. The standard InChI is InChI=1S/C29H26F3N5O4S3/c30-19-4-2-5-20(31)26(19)44(40,41)37-21-6-1-3-18(23(21)32)24-25(42-27(36-24)29-13-16(14-29)15-29)22-7-10-33-28(35-22)34-17-8-11-43(38,39)12-9-17/h1-7,10,16-17,37H,8-9,11-15H2,(H,33,34,35). The number of sulfonamides is 1. The molecule has 44 heavy (non-hydrogen) atoms. The highest BCUT2D eigenvalue weighted by Crippen LogP contribution is 2.66. The van der Waals surface area contributed by atoms with Gasteiger partial charge in [0.2, 0.25) is 5.95 Å². The topological polar surface area (TPSA) is 131 Å². The molecular formula is C29H26F3N5O4S3. The zero-order chi connectivity index (χ0) is 30.9. The maximum absolute atomic E-state index is 16.1. The molecule has 4 aromatic rings. The van der Waals surface area contributed by atoms with Crippen molar-refractivity contribution in [2.24, 2.45) is 5.92 Å². The minimum absolute atomic E-state index is 0.00564. The summed E-state index contributed by atoms with van der Waals surface area (Å²) in [5.74, 6) is -2.44. The van der Waals surface area contributed by atoms with Crippen molar-refractivity contribution in [3.8, 4) is 21.8 Å². The molecule has 3 saturated carbocycles. The number of halogens is 3. The molecule has 3 heterocycles. The van der Waals surface area contributed by atoms with E-state index in [-0.39, 0.29) is 34.2 Å². The molecule has 4 fully saturated rings. The van der Waals surface area contributed by atoms with Crippen molar-refractivity contribution >= 4 is 42.8 Å². The van der Waals surface area contributed by atoms with E-state index in [1.807, 2.05) is 4.72 Å². The summed E-state index contributed by atoms with van der Waals surface area (Å²) in [6.45, 7) is 0. The quantitative estimate of drug-likeness (QED) is 0.252. The zero-order valence-corrected chi connectivity index (χ0v) is 25.5. The van der Waals surface area contributed by atoms with Crippen molar-refractivity contribution in [2.75, 3.05) is 21.5 Å².